The number of nitrogens with zero attached hydrogens (tertiary/aromatic N) is 2. The molecule has 1 aliphatic carbocycles. The first-order valence-electron chi connectivity index (χ1n) is 8.12. The van der Waals surface area contributed by atoms with Crippen molar-refractivity contribution in [3.8, 4) is 11.8 Å². The van der Waals surface area contributed by atoms with Gasteiger partial charge in [0.15, 0.2) is 12.4 Å². The van der Waals surface area contributed by atoms with Gasteiger partial charge < -0.3 is 10.1 Å². The number of hydrogen-bond acceptors (Lipinski definition) is 4. The van der Waals surface area contributed by atoms with Crippen LogP contribution < -0.4 is 10.1 Å². The van der Waals surface area contributed by atoms with E-state index in [1.807, 2.05) is 18.2 Å². The Morgan fingerprint density at radius 2 is 2.08 bits per heavy atom. The molecule has 1 N–H and O–H groups in total. The van der Waals surface area contributed by atoms with Crippen molar-refractivity contribution in [1.82, 2.24) is 10.3 Å². The zero-order chi connectivity index (χ0) is 17.9. The number of hydrogen-bond donors (Lipinski definition) is 1. The van der Waals surface area contributed by atoms with Gasteiger partial charge in [-0.05, 0) is 40.9 Å². The molecule has 7 heteroatoms. The predicted molar refractivity (Wildman–Crippen MR) is 102 cm³/mol. The molecule has 0 radical (unpaired) electrons. The second-order valence-electron chi connectivity index (χ2n) is 6.16. The van der Waals surface area contributed by atoms with Crippen LogP contribution in [0, 0.1) is 11.3 Å². The van der Waals surface area contributed by atoms with Crippen LogP contribution in [0.5, 0.6) is 5.75 Å². The Hall–Kier alpha value is -1.65. The number of carbonyl (C=O) groups excluding carboxylic acids is 1. The number of carbonyl (C=O) groups is 1. The molecule has 0 spiro atoms. The molecule has 5 nitrogen and oxygen atoms in total. The van der Waals surface area contributed by atoms with E-state index in [0.29, 0.717) is 28.6 Å². The maximum absolute atomic E-state index is 12.3. The maximum Gasteiger partial charge on any atom is 0.259 e. The topological polar surface area (TPSA) is 75.0 Å². The van der Waals surface area contributed by atoms with E-state index >= 15 is 0 Å². The third kappa shape index (κ3) is 3.96. The normalized spacial score (nSPS) is 16.2. The van der Waals surface area contributed by atoms with Gasteiger partial charge in [0.1, 0.15) is 11.1 Å². The van der Waals surface area contributed by atoms with Crippen LogP contribution in [0.1, 0.15) is 32.1 Å². The molecule has 1 aromatic carbocycles. The second-order valence-corrected chi connectivity index (χ2v) is 7.87. The first-order chi connectivity index (χ1) is 12.0. The van der Waals surface area contributed by atoms with Crippen LogP contribution in [-0.4, -0.2) is 23.0 Å². The van der Waals surface area contributed by atoms with Gasteiger partial charge in [0, 0.05) is 16.1 Å². The van der Waals surface area contributed by atoms with E-state index in [2.05, 4.69) is 48.2 Å². The third-order valence-corrected chi connectivity index (χ3v) is 5.64. The minimum atomic E-state index is -0.754. The van der Waals surface area contributed by atoms with Gasteiger partial charge in [-0.25, -0.2) is 0 Å². The van der Waals surface area contributed by atoms with Crippen molar-refractivity contribution in [2.75, 3.05) is 6.61 Å². The monoisotopic (exact) mass is 465 g/mol. The van der Waals surface area contributed by atoms with Crippen LogP contribution in [0.25, 0.3) is 10.9 Å². The van der Waals surface area contributed by atoms with Gasteiger partial charge in [-0.2, -0.15) is 5.26 Å². The highest BCUT2D eigenvalue weighted by atomic mass is 79.9. The Morgan fingerprint density at radius 3 is 2.80 bits per heavy atom. The van der Waals surface area contributed by atoms with Crippen LogP contribution in [-0.2, 0) is 4.79 Å². The number of amides is 1. The zero-order valence-corrected chi connectivity index (χ0v) is 16.7. The molecule has 3 rings (SSSR count). The summed E-state index contributed by atoms with van der Waals surface area (Å²) >= 11 is 6.97. The van der Waals surface area contributed by atoms with E-state index in [9.17, 15) is 10.1 Å². The highest BCUT2D eigenvalue weighted by Gasteiger charge is 2.33. The molecule has 1 amide bonds. The lowest BCUT2D eigenvalue weighted by Gasteiger charge is -2.31. The average molecular weight is 467 g/mol. The Balaban J connectivity index is 1.75. The molecule has 0 unspecified atom stereocenters. The summed E-state index contributed by atoms with van der Waals surface area (Å²) in [5.41, 5.74) is -0.0834. The summed E-state index contributed by atoms with van der Waals surface area (Å²) < 4.78 is 7.35. The molecule has 1 fully saturated rings. The Morgan fingerprint density at radius 1 is 1.32 bits per heavy atom. The molecule has 1 saturated carbocycles. The molecule has 1 aromatic heterocycles. The molecule has 0 atom stereocenters. The van der Waals surface area contributed by atoms with Crippen LogP contribution in [0.2, 0.25) is 0 Å². The summed E-state index contributed by atoms with van der Waals surface area (Å²) in [6, 6.07) is 7.92. The summed E-state index contributed by atoms with van der Waals surface area (Å²) in [5.74, 6) is 0.228. The number of rotatable bonds is 4. The van der Waals surface area contributed by atoms with E-state index in [1.54, 1.807) is 6.20 Å². The number of benzene rings is 1. The summed E-state index contributed by atoms with van der Waals surface area (Å²) in [6.07, 6.45) is 6.10. The van der Waals surface area contributed by atoms with Crippen molar-refractivity contribution in [3.05, 3.63) is 33.3 Å². The molecular formula is C18H17Br2N3O2. The van der Waals surface area contributed by atoms with Gasteiger partial charge in [0.25, 0.3) is 5.91 Å². The number of aromatic nitrogens is 1. The Kier molecular flexibility index (Phi) is 5.60. The lowest BCUT2D eigenvalue weighted by Crippen LogP contribution is -2.50. The van der Waals surface area contributed by atoms with E-state index in [-0.39, 0.29) is 12.5 Å². The van der Waals surface area contributed by atoms with Crippen molar-refractivity contribution in [2.45, 2.75) is 37.6 Å². The minimum Gasteiger partial charge on any atom is -0.480 e. The third-order valence-electron chi connectivity index (χ3n) is 4.40. The Labute approximate surface area is 163 Å². The van der Waals surface area contributed by atoms with E-state index < -0.39 is 5.54 Å². The molecular weight excluding hydrogens is 450 g/mol. The number of pyridine rings is 1. The van der Waals surface area contributed by atoms with Gasteiger partial charge in [-0.3, -0.25) is 9.78 Å². The minimum absolute atomic E-state index is 0.157. The van der Waals surface area contributed by atoms with E-state index in [0.717, 1.165) is 29.1 Å². The standard InChI is InChI=1S/C18H17Br2N3O2/c19-13-9-14(20)17(16-12(13)5-4-8-22-16)25-10-15(24)23-18(11-21)6-2-1-3-7-18/h4-5,8-9H,1-3,6-7,10H2,(H,23,24). The molecule has 25 heavy (non-hydrogen) atoms. The quantitative estimate of drug-likeness (QED) is 0.720. The van der Waals surface area contributed by atoms with Crippen LogP contribution in [0.3, 0.4) is 0 Å². The fourth-order valence-electron chi connectivity index (χ4n) is 3.14. The first kappa shape index (κ1) is 18.2. The summed E-state index contributed by atoms with van der Waals surface area (Å²) in [6.45, 7) is -0.157. The fraction of sp³-hybridized carbons (Fsp3) is 0.389. The zero-order valence-electron chi connectivity index (χ0n) is 13.5. The van der Waals surface area contributed by atoms with Gasteiger partial charge in [0.2, 0.25) is 0 Å². The molecule has 0 saturated heterocycles. The predicted octanol–water partition coefficient (Wildman–Crippen LogP) is 4.48. The van der Waals surface area contributed by atoms with Gasteiger partial charge in [0.05, 0.1) is 10.5 Å². The highest BCUT2D eigenvalue weighted by Crippen LogP contribution is 2.37. The number of nitrogens with one attached hydrogen (secondary N) is 1. The van der Waals surface area contributed by atoms with Gasteiger partial charge in [-0.1, -0.05) is 41.3 Å². The number of ether oxygens (including phenoxy) is 1. The molecule has 130 valence electrons. The van der Waals surface area contributed by atoms with Crippen LogP contribution in [0.4, 0.5) is 0 Å². The van der Waals surface area contributed by atoms with Gasteiger partial charge >= 0.3 is 0 Å². The molecule has 1 aliphatic rings. The average Bonchev–Trinajstić information content (AvgIpc) is 2.62. The van der Waals surface area contributed by atoms with Crippen LogP contribution in [0.15, 0.2) is 33.3 Å². The molecule has 0 bridgehead atoms. The van der Waals surface area contributed by atoms with E-state index in [1.165, 1.54) is 0 Å². The van der Waals surface area contributed by atoms with Crippen molar-refractivity contribution < 1.29 is 9.53 Å². The van der Waals surface area contributed by atoms with Crippen LogP contribution >= 0.6 is 31.9 Å². The smallest absolute Gasteiger partial charge is 0.259 e. The van der Waals surface area contributed by atoms with Gasteiger partial charge in [-0.15, -0.1) is 0 Å². The SMILES string of the molecule is N#CC1(NC(=O)COc2c(Br)cc(Br)c3cccnc23)CCCCC1. The summed E-state index contributed by atoms with van der Waals surface area (Å²) in [5, 5.41) is 13.2. The van der Waals surface area contributed by atoms with Crippen molar-refractivity contribution in [2.24, 2.45) is 0 Å². The van der Waals surface area contributed by atoms with E-state index in [4.69, 9.17) is 4.74 Å². The molecule has 2 aromatic rings. The number of fused-ring (bicyclic) bond motifs is 1. The summed E-state index contributed by atoms with van der Waals surface area (Å²) in [7, 11) is 0. The van der Waals surface area contributed by atoms with Crippen molar-refractivity contribution in [1.29, 1.82) is 5.26 Å². The van der Waals surface area contributed by atoms with Crippen molar-refractivity contribution >= 4 is 48.7 Å². The largest absolute Gasteiger partial charge is 0.480 e. The molecule has 0 aliphatic heterocycles. The Bertz CT molecular complexity index is 842. The number of halogens is 2. The fourth-order valence-corrected chi connectivity index (χ4v) is 4.53. The molecule has 1 heterocycles. The number of nitriles is 1. The highest BCUT2D eigenvalue weighted by molar-refractivity contribution is 9.11. The second kappa shape index (κ2) is 7.71. The lowest BCUT2D eigenvalue weighted by atomic mass is 9.83. The maximum atomic E-state index is 12.3. The summed E-state index contributed by atoms with van der Waals surface area (Å²) in [4.78, 5) is 16.7. The van der Waals surface area contributed by atoms with Crippen molar-refractivity contribution in [3.63, 3.8) is 0 Å². The lowest BCUT2D eigenvalue weighted by molar-refractivity contribution is -0.124. The first-order valence-corrected chi connectivity index (χ1v) is 9.71.